The van der Waals surface area contributed by atoms with Crippen LogP contribution in [-0.4, -0.2) is 31.1 Å². The van der Waals surface area contributed by atoms with Crippen molar-refractivity contribution in [2.24, 2.45) is 0 Å². The van der Waals surface area contributed by atoms with E-state index < -0.39 is 0 Å². The minimum Gasteiger partial charge on any atom is -0.472 e. The highest BCUT2D eigenvalue weighted by Crippen LogP contribution is 2.22. The Labute approximate surface area is 84.4 Å². The van der Waals surface area contributed by atoms with Crippen molar-refractivity contribution in [2.75, 3.05) is 26.2 Å². The smallest absolute Gasteiger partial charge is 0.0953 e. The van der Waals surface area contributed by atoms with Crippen LogP contribution in [0.25, 0.3) is 0 Å². The third kappa shape index (κ3) is 1.89. The number of piperazine rings is 1. The van der Waals surface area contributed by atoms with Gasteiger partial charge in [0, 0.05) is 31.7 Å². The van der Waals surface area contributed by atoms with E-state index in [0.717, 1.165) is 26.2 Å². The summed E-state index contributed by atoms with van der Waals surface area (Å²) in [7, 11) is 0. The first-order valence-electron chi connectivity index (χ1n) is 5.01. The molecule has 0 aliphatic carbocycles. The summed E-state index contributed by atoms with van der Waals surface area (Å²) < 4.78 is 5.10. The number of nitrogens with zero attached hydrogens (tertiary/aromatic N) is 1. The van der Waals surface area contributed by atoms with Crippen LogP contribution in [0.3, 0.4) is 0 Å². The average molecular weight is 192 g/mol. The van der Waals surface area contributed by atoms with Gasteiger partial charge < -0.3 is 9.73 Å². The van der Waals surface area contributed by atoms with Gasteiger partial charge >= 0.3 is 0 Å². The van der Waals surface area contributed by atoms with Crippen LogP contribution in [0.4, 0.5) is 0 Å². The predicted molar refractivity (Wildman–Crippen MR) is 56.1 cm³/mol. The fourth-order valence-corrected chi connectivity index (χ4v) is 1.90. The molecule has 2 rings (SSSR count). The maximum atomic E-state index is 5.10. The van der Waals surface area contributed by atoms with E-state index in [1.165, 1.54) is 5.56 Å². The Morgan fingerprint density at radius 2 is 2.29 bits per heavy atom. The molecule has 1 aromatic heterocycles. The van der Waals surface area contributed by atoms with Crippen LogP contribution >= 0.6 is 0 Å². The molecule has 14 heavy (non-hydrogen) atoms. The maximum absolute atomic E-state index is 5.10. The fraction of sp³-hybridized carbons (Fsp3) is 0.455. The van der Waals surface area contributed by atoms with E-state index in [9.17, 15) is 0 Å². The second-order valence-corrected chi connectivity index (χ2v) is 3.52. The topological polar surface area (TPSA) is 28.4 Å². The second-order valence-electron chi connectivity index (χ2n) is 3.52. The molecule has 0 saturated carbocycles. The Balaban J connectivity index is 2.08. The van der Waals surface area contributed by atoms with Crippen LogP contribution in [0.2, 0.25) is 0 Å². The lowest BCUT2D eigenvalue weighted by Crippen LogP contribution is -2.44. The third-order valence-electron chi connectivity index (χ3n) is 2.65. The molecule has 2 heterocycles. The lowest BCUT2D eigenvalue weighted by atomic mass is 10.1. The van der Waals surface area contributed by atoms with Gasteiger partial charge in [-0.15, -0.1) is 6.58 Å². The van der Waals surface area contributed by atoms with Crippen LogP contribution < -0.4 is 5.32 Å². The van der Waals surface area contributed by atoms with Crippen LogP contribution in [0.5, 0.6) is 0 Å². The quantitative estimate of drug-likeness (QED) is 0.734. The van der Waals surface area contributed by atoms with E-state index in [1.807, 2.05) is 12.1 Å². The molecule has 3 nitrogen and oxygen atoms in total. The molecule has 0 unspecified atom stereocenters. The first-order chi connectivity index (χ1) is 6.92. The maximum Gasteiger partial charge on any atom is 0.0953 e. The molecular formula is C11H16N2O. The van der Waals surface area contributed by atoms with Crippen molar-refractivity contribution in [3.05, 3.63) is 36.8 Å². The van der Waals surface area contributed by atoms with E-state index in [4.69, 9.17) is 4.42 Å². The van der Waals surface area contributed by atoms with Gasteiger partial charge in [-0.1, -0.05) is 6.08 Å². The summed E-state index contributed by atoms with van der Waals surface area (Å²) >= 11 is 0. The van der Waals surface area contributed by atoms with Crippen molar-refractivity contribution in [2.45, 2.75) is 6.04 Å². The summed E-state index contributed by atoms with van der Waals surface area (Å²) in [6, 6.07) is 2.31. The van der Waals surface area contributed by atoms with E-state index >= 15 is 0 Å². The largest absolute Gasteiger partial charge is 0.472 e. The van der Waals surface area contributed by atoms with Crippen LogP contribution in [0.1, 0.15) is 11.6 Å². The van der Waals surface area contributed by atoms with Crippen molar-refractivity contribution in [3.8, 4) is 0 Å². The molecule has 0 aromatic carbocycles. The van der Waals surface area contributed by atoms with Crippen molar-refractivity contribution in [3.63, 3.8) is 0 Å². The predicted octanol–water partition coefficient (Wildman–Crippen LogP) is 1.41. The zero-order valence-corrected chi connectivity index (χ0v) is 8.28. The van der Waals surface area contributed by atoms with Gasteiger partial charge in [0.25, 0.3) is 0 Å². The molecule has 1 aliphatic heterocycles. The normalized spacial score (nSPS) is 20.6. The first-order valence-corrected chi connectivity index (χ1v) is 5.01. The van der Waals surface area contributed by atoms with Crippen LogP contribution in [0, 0.1) is 0 Å². The lowest BCUT2D eigenvalue weighted by Gasteiger charge is -2.32. The number of furan rings is 1. The summed E-state index contributed by atoms with van der Waals surface area (Å²) in [6.07, 6.45) is 5.50. The lowest BCUT2D eigenvalue weighted by molar-refractivity contribution is 0.203. The molecule has 1 saturated heterocycles. The Kier molecular flexibility index (Phi) is 3.01. The van der Waals surface area contributed by atoms with Gasteiger partial charge in [0.05, 0.1) is 18.6 Å². The zero-order valence-electron chi connectivity index (χ0n) is 8.28. The summed E-state index contributed by atoms with van der Waals surface area (Å²) in [5.74, 6) is 0. The van der Waals surface area contributed by atoms with E-state index in [2.05, 4.69) is 16.8 Å². The highest BCUT2D eigenvalue weighted by atomic mass is 16.3. The highest BCUT2D eigenvalue weighted by molar-refractivity contribution is 5.17. The van der Waals surface area contributed by atoms with Gasteiger partial charge in [0.15, 0.2) is 0 Å². The van der Waals surface area contributed by atoms with Gasteiger partial charge in [-0.2, -0.15) is 0 Å². The van der Waals surface area contributed by atoms with E-state index in [0.29, 0.717) is 6.04 Å². The van der Waals surface area contributed by atoms with Crippen molar-refractivity contribution >= 4 is 0 Å². The molecule has 0 bridgehead atoms. The molecule has 3 heteroatoms. The summed E-state index contributed by atoms with van der Waals surface area (Å²) in [5, 5.41) is 3.34. The summed E-state index contributed by atoms with van der Waals surface area (Å²) in [4.78, 5) is 2.41. The molecule has 1 aromatic rings. The van der Waals surface area contributed by atoms with Gasteiger partial charge in [0.1, 0.15) is 0 Å². The fourth-order valence-electron chi connectivity index (χ4n) is 1.90. The van der Waals surface area contributed by atoms with Crippen LogP contribution in [0.15, 0.2) is 35.7 Å². The molecule has 0 amide bonds. The van der Waals surface area contributed by atoms with E-state index in [-0.39, 0.29) is 0 Å². The number of hydrogen-bond donors (Lipinski definition) is 1. The van der Waals surface area contributed by atoms with Crippen molar-refractivity contribution in [1.29, 1.82) is 0 Å². The van der Waals surface area contributed by atoms with Crippen molar-refractivity contribution in [1.82, 2.24) is 10.2 Å². The molecule has 0 spiro atoms. The Bertz CT molecular complexity index is 275. The Hall–Kier alpha value is -1.06. The minimum atomic E-state index is 0.302. The molecule has 1 fully saturated rings. The van der Waals surface area contributed by atoms with Gasteiger partial charge in [-0.3, -0.25) is 4.90 Å². The zero-order chi connectivity index (χ0) is 9.80. The number of rotatable bonds is 3. The number of hydrogen-bond acceptors (Lipinski definition) is 3. The standard InChI is InChI=1S/C11H16N2O/c1-2-11(10-3-8-14-9-10)13-6-4-12-5-7-13/h2-3,8-9,11-12H,1,4-7H2/t11-/m1/s1. The summed E-state index contributed by atoms with van der Waals surface area (Å²) in [5.41, 5.74) is 1.20. The molecule has 1 aliphatic rings. The third-order valence-corrected chi connectivity index (χ3v) is 2.65. The Morgan fingerprint density at radius 1 is 1.50 bits per heavy atom. The number of nitrogens with one attached hydrogen (secondary N) is 1. The van der Waals surface area contributed by atoms with E-state index in [1.54, 1.807) is 12.5 Å². The molecule has 1 atom stereocenters. The monoisotopic (exact) mass is 192 g/mol. The van der Waals surface area contributed by atoms with Crippen molar-refractivity contribution < 1.29 is 4.42 Å². The molecule has 76 valence electrons. The molecule has 0 radical (unpaired) electrons. The summed E-state index contributed by atoms with van der Waals surface area (Å²) in [6.45, 7) is 8.15. The van der Waals surface area contributed by atoms with Crippen LogP contribution in [-0.2, 0) is 0 Å². The van der Waals surface area contributed by atoms with Gasteiger partial charge in [-0.25, -0.2) is 0 Å². The highest BCUT2D eigenvalue weighted by Gasteiger charge is 2.19. The second kappa shape index (κ2) is 4.44. The average Bonchev–Trinajstić information content (AvgIpc) is 2.74. The molecular weight excluding hydrogens is 176 g/mol. The first kappa shape index (κ1) is 9.49. The molecule has 1 N–H and O–H groups in total. The van der Waals surface area contributed by atoms with Gasteiger partial charge in [0.2, 0.25) is 0 Å². The minimum absolute atomic E-state index is 0.302. The van der Waals surface area contributed by atoms with Gasteiger partial charge in [-0.05, 0) is 6.07 Å². The SMILES string of the molecule is C=C[C@H](c1ccoc1)N1CCNCC1. The Morgan fingerprint density at radius 3 is 2.86 bits per heavy atom.